The Morgan fingerprint density at radius 1 is 1.33 bits per heavy atom. The lowest BCUT2D eigenvalue weighted by molar-refractivity contribution is -0.142. The summed E-state index contributed by atoms with van der Waals surface area (Å²) in [6, 6.07) is 7.14. The van der Waals surface area contributed by atoms with Crippen molar-refractivity contribution in [3.05, 3.63) is 29.8 Å². The van der Waals surface area contributed by atoms with Crippen LogP contribution in [0.1, 0.15) is 18.4 Å². The molecule has 1 aromatic carbocycles. The number of carbonyl (C=O) groups excluding carboxylic acids is 1. The van der Waals surface area contributed by atoms with Crippen molar-refractivity contribution in [1.82, 2.24) is 5.32 Å². The highest BCUT2D eigenvalue weighted by Gasteiger charge is 2.16. The van der Waals surface area contributed by atoms with Crippen LogP contribution in [0.5, 0.6) is 5.75 Å². The van der Waals surface area contributed by atoms with Crippen molar-refractivity contribution >= 4 is 18.4 Å². The predicted molar refractivity (Wildman–Crippen MR) is 83.9 cm³/mol. The van der Waals surface area contributed by atoms with Gasteiger partial charge in [0.1, 0.15) is 17.9 Å². The number of methoxy groups -OCH3 is 1. The number of benzene rings is 1. The number of piperidine rings is 1. The van der Waals surface area contributed by atoms with Crippen molar-refractivity contribution in [1.29, 1.82) is 0 Å². The van der Waals surface area contributed by atoms with Crippen LogP contribution >= 0.6 is 12.4 Å². The molecule has 1 saturated heterocycles. The third-order valence-corrected chi connectivity index (χ3v) is 3.47. The first-order chi connectivity index (χ1) is 9.69. The van der Waals surface area contributed by atoms with E-state index in [1.54, 1.807) is 0 Å². The van der Waals surface area contributed by atoms with Crippen LogP contribution in [0.4, 0.5) is 0 Å². The van der Waals surface area contributed by atoms with Gasteiger partial charge in [-0.1, -0.05) is 12.1 Å². The third kappa shape index (κ3) is 5.53. The van der Waals surface area contributed by atoms with Gasteiger partial charge >= 0.3 is 5.97 Å². The SMILES string of the molecule is COC(=O)[C@@H](N)Cc1ccc(OC2CCNCC2)cc1.Cl. The van der Waals surface area contributed by atoms with E-state index in [-0.39, 0.29) is 18.4 Å². The van der Waals surface area contributed by atoms with Crippen LogP contribution in [0, 0.1) is 0 Å². The van der Waals surface area contributed by atoms with E-state index >= 15 is 0 Å². The molecule has 1 atom stereocenters. The van der Waals surface area contributed by atoms with Crippen LogP contribution in [-0.2, 0) is 16.0 Å². The minimum atomic E-state index is -0.615. The van der Waals surface area contributed by atoms with Gasteiger partial charge in [0.25, 0.3) is 0 Å². The van der Waals surface area contributed by atoms with Crippen molar-refractivity contribution in [2.75, 3.05) is 20.2 Å². The fourth-order valence-electron chi connectivity index (χ4n) is 2.30. The van der Waals surface area contributed by atoms with E-state index < -0.39 is 6.04 Å². The molecule has 0 spiro atoms. The Labute approximate surface area is 131 Å². The molecule has 1 aliphatic rings. The van der Waals surface area contributed by atoms with Gasteiger partial charge in [0, 0.05) is 0 Å². The fourth-order valence-corrected chi connectivity index (χ4v) is 2.30. The Balaban J connectivity index is 0.00000220. The van der Waals surface area contributed by atoms with Gasteiger partial charge in [-0.3, -0.25) is 4.79 Å². The highest BCUT2D eigenvalue weighted by molar-refractivity contribution is 5.85. The number of hydrogen-bond donors (Lipinski definition) is 2. The molecule has 2 rings (SSSR count). The van der Waals surface area contributed by atoms with Crippen LogP contribution in [-0.4, -0.2) is 38.3 Å². The average molecular weight is 315 g/mol. The molecule has 1 aliphatic heterocycles. The quantitative estimate of drug-likeness (QED) is 0.801. The zero-order valence-corrected chi connectivity index (χ0v) is 13.0. The Morgan fingerprint density at radius 2 is 1.95 bits per heavy atom. The summed E-state index contributed by atoms with van der Waals surface area (Å²) in [5, 5.41) is 3.31. The first-order valence-corrected chi connectivity index (χ1v) is 6.99. The Hall–Kier alpha value is -1.30. The Bertz CT molecular complexity index is 433. The maximum absolute atomic E-state index is 11.3. The summed E-state index contributed by atoms with van der Waals surface area (Å²) in [5.41, 5.74) is 6.74. The monoisotopic (exact) mass is 314 g/mol. The summed E-state index contributed by atoms with van der Waals surface area (Å²) >= 11 is 0. The van der Waals surface area contributed by atoms with Crippen molar-refractivity contribution in [3.8, 4) is 5.75 Å². The minimum Gasteiger partial charge on any atom is -0.490 e. The predicted octanol–water partition coefficient (Wildman–Crippen LogP) is 1.28. The van der Waals surface area contributed by atoms with Crippen LogP contribution < -0.4 is 15.8 Å². The number of halogens is 1. The molecule has 1 heterocycles. The zero-order chi connectivity index (χ0) is 14.4. The molecule has 1 aromatic rings. The van der Waals surface area contributed by atoms with Crippen molar-refractivity contribution in [2.24, 2.45) is 5.73 Å². The largest absolute Gasteiger partial charge is 0.490 e. The van der Waals surface area contributed by atoms with Crippen molar-refractivity contribution in [2.45, 2.75) is 31.4 Å². The molecule has 6 heteroatoms. The van der Waals surface area contributed by atoms with E-state index in [1.165, 1.54) is 7.11 Å². The first kappa shape index (κ1) is 17.8. The van der Waals surface area contributed by atoms with Gasteiger partial charge in [-0.15, -0.1) is 12.4 Å². The number of rotatable bonds is 5. The van der Waals surface area contributed by atoms with Crippen LogP contribution in [0.25, 0.3) is 0 Å². The summed E-state index contributed by atoms with van der Waals surface area (Å²) < 4.78 is 10.5. The highest BCUT2D eigenvalue weighted by atomic mass is 35.5. The van der Waals surface area contributed by atoms with Gasteiger partial charge in [-0.2, -0.15) is 0 Å². The molecule has 0 amide bonds. The maximum atomic E-state index is 11.3. The van der Waals surface area contributed by atoms with E-state index in [9.17, 15) is 4.79 Å². The molecular weight excluding hydrogens is 292 g/mol. The van der Waals surface area contributed by atoms with E-state index in [0.717, 1.165) is 37.2 Å². The third-order valence-electron chi connectivity index (χ3n) is 3.47. The summed E-state index contributed by atoms with van der Waals surface area (Å²) in [7, 11) is 1.35. The molecular formula is C15H23ClN2O3. The number of nitrogens with one attached hydrogen (secondary N) is 1. The van der Waals surface area contributed by atoms with E-state index in [4.69, 9.17) is 10.5 Å². The van der Waals surface area contributed by atoms with Crippen molar-refractivity contribution < 1.29 is 14.3 Å². The van der Waals surface area contributed by atoms with E-state index in [0.29, 0.717) is 12.5 Å². The molecule has 0 bridgehead atoms. The Kier molecular flexibility index (Phi) is 7.50. The molecule has 0 radical (unpaired) electrons. The molecule has 118 valence electrons. The molecule has 3 N–H and O–H groups in total. The maximum Gasteiger partial charge on any atom is 0.322 e. The van der Waals surface area contributed by atoms with Gasteiger partial charge < -0.3 is 20.5 Å². The van der Waals surface area contributed by atoms with Crippen LogP contribution in [0.2, 0.25) is 0 Å². The van der Waals surface area contributed by atoms with Crippen LogP contribution in [0.3, 0.4) is 0 Å². The lowest BCUT2D eigenvalue weighted by atomic mass is 10.1. The number of esters is 1. The van der Waals surface area contributed by atoms with Gasteiger partial charge in [0.2, 0.25) is 0 Å². The molecule has 0 aromatic heterocycles. The molecule has 0 unspecified atom stereocenters. The molecule has 1 fully saturated rings. The normalized spacial score (nSPS) is 16.7. The number of nitrogens with two attached hydrogens (primary N) is 1. The summed E-state index contributed by atoms with van der Waals surface area (Å²) in [6.45, 7) is 2.02. The second-order valence-electron chi connectivity index (χ2n) is 5.04. The smallest absolute Gasteiger partial charge is 0.322 e. The average Bonchev–Trinajstić information content (AvgIpc) is 2.49. The van der Waals surface area contributed by atoms with E-state index in [1.807, 2.05) is 24.3 Å². The number of hydrogen-bond acceptors (Lipinski definition) is 5. The molecule has 0 saturated carbocycles. The zero-order valence-electron chi connectivity index (χ0n) is 12.2. The lowest BCUT2D eigenvalue weighted by Gasteiger charge is -2.23. The molecule has 0 aliphatic carbocycles. The van der Waals surface area contributed by atoms with E-state index in [2.05, 4.69) is 10.1 Å². The highest BCUT2D eigenvalue weighted by Crippen LogP contribution is 2.18. The summed E-state index contributed by atoms with van der Waals surface area (Å²) in [6.07, 6.45) is 2.84. The lowest BCUT2D eigenvalue weighted by Crippen LogP contribution is -2.34. The fraction of sp³-hybridized carbons (Fsp3) is 0.533. The van der Waals surface area contributed by atoms with Gasteiger partial charge in [0.15, 0.2) is 0 Å². The van der Waals surface area contributed by atoms with Crippen LogP contribution in [0.15, 0.2) is 24.3 Å². The second kappa shape index (κ2) is 8.87. The summed E-state index contributed by atoms with van der Waals surface area (Å²) in [4.78, 5) is 11.3. The number of carbonyl (C=O) groups is 1. The number of ether oxygens (including phenoxy) is 2. The standard InChI is InChI=1S/C15H22N2O3.ClH/c1-19-15(18)14(16)10-11-2-4-12(5-3-11)20-13-6-8-17-9-7-13;/h2-5,13-14,17H,6-10,16H2,1H3;1H/t14-;/m0./s1. The van der Waals surface area contributed by atoms with Gasteiger partial charge in [0.05, 0.1) is 7.11 Å². The molecule has 5 nitrogen and oxygen atoms in total. The summed E-state index contributed by atoms with van der Waals surface area (Å²) in [5.74, 6) is 0.479. The molecule has 21 heavy (non-hydrogen) atoms. The Morgan fingerprint density at radius 3 is 2.52 bits per heavy atom. The topological polar surface area (TPSA) is 73.6 Å². The minimum absolute atomic E-state index is 0. The van der Waals surface area contributed by atoms with Gasteiger partial charge in [-0.25, -0.2) is 0 Å². The van der Waals surface area contributed by atoms with Crippen molar-refractivity contribution in [3.63, 3.8) is 0 Å². The van der Waals surface area contributed by atoms with Gasteiger partial charge in [-0.05, 0) is 50.0 Å². The second-order valence-corrected chi connectivity index (χ2v) is 5.04. The first-order valence-electron chi connectivity index (χ1n) is 6.99.